The molecule has 0 fully saturated rings. The first-order valence-corrected chi connectivity index (χ1v) is 6.35. The van der Waals surface area contributed by atoms with Gasteiger partial charge >= 0.3 is 0 Å². The number of carbonyl (C=O) groups excluding carboxylic acids is 1. The molecule has 0 radical (unpaired) electrons. The van der Waals surface area contributed by atoms with Crippen LogP contribution in [0.1, 0.15) is 21.5 Å². The Kier molecular flexibility index (Phi) is 3.20. The van der Waals surface area contributed by atoms with Gasteiger partial charge in [-0.1, -0.05) is 0 Å². The van der Waals surface area contributed by atoms with E-state index in [1.54, 1.807) is 0 Å². The molecule has 2 aromatic rings. The lowest BCUT2D eigenvalue weighted by molar-refractivity contribution is 0.0766. The number of hydrogen-bond donors (Lipinski definition) is 2. The summed E-state index contributed by atoms with van der Waals surface area (Å²) in [5, 5.41) is 19.2. The average Bonchev–Trinajstić information content (AvgIpc) is 2.78. The Balaban J connectivity index is 1.90. The first-order chi connectivity index (χ1) is 10.4. The molecule has 1 aliphatic heterocycles. The molecule has 1 aliphatic rings. The van der Waals surface area contributed by atoms with Crippen LogP contribution in [0.15, 0.2) is 24.3 Å². The van der Waals surface area contributed by atoms with Gasteiger partial charge < -0.3 is 15.1 Å². The van der Waals surface area contributed by atoms with Crippen molar-refractivity contribution in [3.05, 3.63) is 58.4 Å². The van der Waals surface area contributed by atoms with Gasteiger partial charge in [0.25, 0.3) is 5.91 Å². The maximum absolute atomic E-state index is 13.2. The van der Waals surface area contributed by atoms with Gasteiger partial charge in [-0.2, -0.15) is 0 Å². The van der Waals surface area contributed by atoms with Crippen LogP contribution in [0, 0.1) is 17.5 Å². The van der Waals surface area contributed by atoms with Crippen LogP contribution in [-0.4, -0.2) is 21.0 Å². The third-order valence-corrected chi connectivity index (χ3v) is 3.55. The zero-order valence-corrected chi connectivity index (χ0v) is 11.1. The molecule has 2 aromatic carbocycles. The molecular formula is C15H10F3NO3. The molecule has 0 aromatic heterocycles. The van der Waals surface area contributed by atoms with E-state index in [0.717, 1.165) is 12.1 Å². The highest BCUT2D eigenvalue weighted by Gasteiger charge is 2.31. The molecule has 0 atom stereocenters. The molecule has 0 saturated carbocycles. The van der Waals surface area contributed by atoms with Crippen molar-refractivity contribution in [1.29, 1.82) is 0 Å². The highest BCUT2D eigenvalue weighted by molar-refractivity contribution is 5.99. The lowest BCUT2D eigenvalue weighted by Crippen LogP contribution is -2.23. The van der Waals surface area contributed by atoms with Crippen molar-refractivity contribution in [2.75, 3.05) is 0 Å². The Morgan fingerprint density at radius 3 is 2.36 bits per heavy atom. The highest BCUT2D eigenvalue weighted by Crippen LogP contribution is 2.37. The second kappa shape index (κ2) is 4.94. The molecule has 0 unspecified atom stereocenters. The van der Waals surface area contributed by atoms with Crippen molar-refractivity contribution in [3.63, 3.8) is 0 Å². The van der Waals surface area contributed by atoms with Gasteiger partial charge in [0.2, 0.25) is 0 Å². The van der Waals surface area contributed by atoms with Gasteiger partial charge in [-0.05, 0) is 29.8 Å². The summed E-state index contributed by atoms with van der Waals surface area (Å²) in [6, 6.07) is 4.17. The molecule has 1 amide bonds. The van der Waals surface area contributed by atoms with Gasteiger partial charge in [0, 0.05) is 17.7 Å². The average molecular weight is 309 g/mol. The summed E-state index contributed by atoms with van der Waals surface area (Å²) in [6.45, 7) is -0.170. The number of phenols is 2. The van der Waals surface area contributed by atoms with Gasteiger partial charge in [0.1, 0.15) is 0 Å². The van der Waals surface area contributed by atoms with Crippen molar-refractivity contribution in [1.82, 2.24) is 4.90 Å². The molecule has 0 bridgehead atoms. The number of halogens is 3. The Hall–Kier alpha value is -2.70. The fourth-order valence-electron chi connectivity index (χ4n) is 2.46. The maximum atomic E-state index is 13.2. The fraction of sp³-hybridized carbons (Fsp3) is 0.133. The fourth-order valence-corrected chi connectivity index (χ4v) is 2.46. The normalized spacial score (nSPS) is 13.6. The minimum Gasteiger partial charge on any atom is -0.504 e. The van der Waals surface area contributed by atoms with E-state index >= 15 is 0 Å². The summed E-state index contributed by atoms with van der Waals surface area (Å²) < 4.78 is 39.3. The van der Waals surface area contributed by atoms with Crippen LogP contribution in [0.3, 0.4) is 0 Å². The number of carbonyl (C=O) groups is 1. The summed E-state index contributed by atoms with van der Waals surface area (Å²) in [5.41, 5.74) is 0.535. The van der Waals surface area contributed by atoms with E-state index < -0.39 is 29.1 Å². The van der Waals surface area contributed by atoms with Crippen molar-refractivity contribution in [2.45, 2.75) is 13.1 Å². The van der Waals surface area contributed by atoms with Gasteiger partial charge in [-0.15, -0.1) is 0 Å². The number of aromatic hydroxyl groups is 2. The van der Waals surface area contributed by atoms with Gasteiger partial charge in [0.05, 0.1) is 6.54 Å². The number of phenolic OH excluding ortho intramolecular Hbond substituents is 2. The standard InChI is InChI=1S/C15H10F3NO3/c16-10-3-7(4-11(17)13(10)18)5-19-6-9-8(15(19)22)1-2-12(20)14(9)21/h1-4,20-21H,5-6H2. The first-order valence-electron chi connectivity index (χ1n) is 6.35. The number of fused-ring (bicyclic) bond motifs is 1. The van der Waals surface area contributed by atoms with E-state index in [9.17, 15) is 28.2 Å². The van der Waals surface area contributed by atoms with E-state index in [2.05, 4.69) is 0 Å². The third-order valence-electron chi connectivity index (χ3n) is 3.55. The second-order valence-corrected chi connectivity index (χ2v) is 4.99. The summed E-state index contributed by atoms with van der Waals surface area (Å²) >= 11 is 0. The van der Waals surface area contributed by atoms with Gasteiger partial charge in [0.15, 0.2) is 29.0 Å². The maximum Gasteiger partial charge on any atom is 0.254 e. The smallest absolute Gasteiger partial charge is 0.254 e. The largest absolute Gasteiger partial charge is 0.504 e. The van der Waals surface area contributed by atoms with Crippen LogP contribution in [0.25, 0.3) is 0 Å². The monoisotopic (exact) mass is 309 g/mol. The topological polar surface area (TPSA) is 60.8 Å². The van der Waals surface area contributed by atoms with E-state index in [4.69, 9.17) is 0 Å². The molecule has 3 rings (SSSR count). The predicted octanol–water partition coefficient (Wildman–Crippen LogP) is 2.67. The first kappa shape index (κ1) is 14.2. The number of rotatable bonds is 2. The molecule has 114 valence electrons. The van der Waals surface area contributed by atoms with Crippen molar-refractivity contribution >= 4 is 5.91 Å². The van der Waals surface area contributed by atoms with E-state index in [0.29, 0.717) is 0 Å². The lowest BCUT2D eigenvalue weighted by atomic mass is 10.1. The highest BCUT2D eigenvalue weighted by atomic mass is 19.2. The Morgan fingerprint density at radius 1 is 1.09 bits per heavy atom. The molecule has 0 spiro atoms. The summed E-state index contributed by atoms with van der Waals surface area (Å²) in [6.07, 6.45) is 0. The van der Waals surface area contributed by atoms with Crippen LogP contribution in [0.4, 0.5) is 13.2 Å². The lowest BCUT2D eigenvalue weighted by Gasteiger charge is -2.16. The minimum atomic E-state index is -1.57. The second-order valence-electron chi connectivity index (χ2n) is 4.99. The van der Waals surface area contributed by atoms with E-state index in [1.165, 1.54) is 17.0 Å². The van der Waals surface area contributed by atoms with Crippen LogP contribution in [0.5, 0.6) is 11.5 Å². The van der Waals surface area contributed by atoms with E-state index in [-0.39, 0.29) is 35.5 Å². The van der Waals surface area contributed by atoms with Crippen LogP contribution in [-0.2, 0) is 13.1 Å². The minimum absolute atomic E-state index is 0.0188. The molecule has 22 heavy (non-hydrogen) atoms. The van der Waals surface area contributed by atoms with Crippen molar-refractivity contribution in [2.24, 2.45) is 0 Å². The number of benzene rings is 2. The van der Waals surface area contributed by atoms with Crippen molar-refractivity contribution in [3.8, 4) is 11.5 Å². The third kappa shape index (κ3) is 2.14. The zero-order valence-electron chi connectivity index (χ0n) is 11.1. The molecule has 2 N–H and O–H groups in total. The quantitative estimate of drug-likeness (QED) is 0.662. The van der Waals surface area contributed by atoms with E-state index in [1.807, 2.05) is 0 Å². The molecule has 7 heteroatoms. The van der Waals surface area contributed by atoms with Gasteiger partial charge in [-0.25, -0.2) is 13.2 Å². The van der Waals surface area contributed by atoms with Crippen LogP contribution < -0.4 is 0 Å². The Bertz CT molecular complexity index is 769. The molecule has 0 aliphatic carbocycles. The summed E-state index contributed by atoms with van der Waals surface area (Å²) in [4.78, 5) is 13.4. The summed E-state index contributed by atoms with van der Waals surface area (Å²) in [5.74, 6) is -5.44. The number of amides is 1. The van der Waals surface area contributed by atoms with Gasteiger partial charge in [-0.3, -0.25) is 4.79 Å². The molecule has 4 nitrogen and oxygen atoms in total. The predicted molar refractivity (Wildman–Crippen MR) is 69.7 cm³/mol. The van der Waals surface area contributed by atoms with Crippen LogP contribution in [0.2, 0.25) is 0 Å². The van der Waals surface area contributed by atoms with Crippen molar-refractivity contribution < 1.29 is 28.2 Å². The van der Waals surface area contributed by atoms with Crippen LogP contribution >= 0.6 is 0 Å². The zero-order chi connectivity index (χ0) is 16.0. The number of hydrogen-bond acceptors (Lipinski definition) is 3. The number of nitrogens with zero attached hydrogens (tertiary/aromatic N) is 1. The Morgan fingerprint density at radius 2 is 1.73 bits per heavy atom. The molecule has 0 saturated heterocycles. The molecular weight excluding hydrogens is 299 g/mol. The molecule has 1 heterocycles. The summed E-state index contributed by atoms with van der Waals surface area (Å²) in [7, 11) is 0. The Labute approximate surface area is 123 Å². The SMILES string of the molecule is O=C1c2ccc(O)c(O)c2CN1Cc1cc(F)c(F)c(F)c1.